The van der Waals surface area contributed by atoms with Gasteiger partial charge in [-0.1, -0.05) is 0 Å². The van der Waals surface area contributed by atoms with Crippen LogP contribution in [0, 0.1) is 11.6 Å². The number of anilines is 1. The Bertz CT molecular complexity index is 818. The first-order valence-electron chi connectivity index (χ1n) is 8.67. The Hall–Kier alpha value is -3.03. The van der Waals surface area contributed by atoms with E-state index >= 15 is 0 Å². The van der Waals surface area contributed by atoms with Crippen LogP contribution in [0.5, 0.6) is 0 Å². The number of carbonyl (C=O) groups is 2. The molecular weight excluding hydrogens is 368 g/mol. The third kappa shape index (κ3) is 6.29. The Balaban J connectivity index is 2.26. The fourth-order valence-electron chi connectivity index (χ4n) is 2.53. The summed E-state index contributed by atoms with van der Waals surface area (Å²) in [6.07, 6.45) is 2.14. The monoisotopic (exact) mass is 391 g/mol. The summed E-state index contributed by atoms with van der Waals surface area (Å²) in [6.45, 7) is 5.06. The van der Waals surface area contributed by atoms with Crippen molar-refractivity contribution >= 4 is 17.7 Å². The highest BCUT2D eigenvalue weighted by atomic mass is 19.1. The van der Waals surface area contributed by atoms with E-state index in [0.29, 0.717) is 5.69 Å². The molecular formula is C20H23F2N3O3. The fourth-order valence-corrected chi connectivity index (χ4v) is 2.53. The van der Waals surface area contributed by atoms with E-state index in [4.69, 9.17) is 4.74 Å². The second-order valence-electron chi connectivity index (χ2n) is 7.29. The maximum absolute atomic E-state index is 13.5. The molecule has 1 aromatic carbocycles. The summed E-state index contributed by atoms with van der Waals surface area (Å²) in [6, 6.07) is 5.22. The molecule has 0 bridgehead atoms. The van der Waals surface area contributed by atoms with Crippen molar-refractivity contribution in [2.45, 2.75) is 38.8 Å². The molecule has 0 radical (unpaired) electrons. The van der Waals surface area contributed by atoms with Crippen molar-refractivity contribution in [3.63, 3.8) is 0 Å². The minimum absolute atomic E-state index is 0.114. The molecule has 0 saturated carbocycles. The van der Waals surface area contributed by atoms with Gasteiger partial charge in [0.15, 0.2) is 0 Å². The number of alkyl carbamates (subject to hydrolysis) is 1. The van der Waals surface area contributed by atoms with Crippen molar-refractivity contribution in [3.05, 3.63) is 59.9 Å². The number of aromatic nitrogens is 1. The molecule has 0 aliphatic heterocycles. The number of hydrogen-bond acceptors (Lipinski definition) is 4. The summed E-state index contributed by atoms with van der Waals surface area (Å²) in [5, 5.41) is 2.49. The van der Waals surface area contributed by atoms with E-state index in [1.807, 2.05) is 0 Å². The molecule has 0 spiro atoms. The topological polar surface area (TPSA) is 71.5 Å². The standard InChI is InChI=1S/C20H23F2N3O3/c1-20(2,3)28-19(27)24-17(10-13-8-14(21)11-15(22)9-13)18(26)25(4)16-6-5-7-23-12-16/h5-9,11-12,17H,10H2,1-4H3,(H,24,27)/t17-/m0/s1. The van der Waals surface area contributed by atoms with Crippen LogP contribution in [0.1, 0.15) is 26.3 Å². The quantitative estimate of drug-likeness (QED) is 0.847. The number of carbonyl (C=O) groups excluding carboxylic acids is 2. The van der Waals surface area contributed by atoms with Crippen molar-refractivity contribution in [3.8, 4) is 0 Å². The number of nitrogens with zero attached hydrogens (tertiary/aromatic N) is 2. The van der Waals surface area contributed by atoms with Crippen LogP contribution in [0.3, 0.4) is 0 Å². The van der Waals surface area contributed by atoms with Gasteiger partial charge in [-0.2, -0.15) is 0 Å². The van der Waals surface area contributed by atoms with Crippen LogP contribution in [0.15, 0.2) is 42.7 Å². The SMILES string of the molecule is CN(C(=O)[C@H](Cc1cc(F)cc(F)c1)NC(=O)OC(C)(C)C)c1cccnc1. The van der Waals surface area contributed by atoms with Crippen molar-refractivity contribution in [2.75, 3.05) is 11.9 Å². The molecule has 6 nitrogen and oxygen atoms in total. The summed E-state index contributed by atoms with van der Waals surface area (Å²) < 4.78 is 32.3. The average molecular weight is 391 g/mol. The predicted octanol–water partition coefficient (Wildman–Crippen LogP) is 3.46. The summed E-state index contributed by atoms with van der Waals surface area (Å²) in [7, 11) is 1.52. The Labute approximate surface area is 162 Å². The van der Waals surface area contributed by atoms with E-state index < -0.39 is 35.3 Å². The number of rotatable bonds is 5. The molecule has 1 N–H and O–H groups in total. The van der Waals surface area contributed by atoms with Crippen LogP contribution >= 0.6 is 0 Å². The lowest BCUT2D eigenvalue weighted by Crippen LogP contribution is -2.50. The largest absolute Gasteiger partial charge is 0.444 e. The minimum atomic E-state index is -1.10. The molecule has 2 amide bonds. The smallest absolute Gasteiger partial charge is 0.408 e. The van der Waals surface area contributed by atoms with Crippen LogP contribution in [-0.4, -0.2) is 35.7 Å². The maximum atomic E-state index is 13.5. The van der Waals surface area contributed by atoms with Crippen LogP contribution in [-0.2, 0) is 16.0 Å². The third-order valence-electron chi connectivity index (χ3n) is 3.72. The van der Waals surface area contributed by atoms with Crippen molar-refractivity contribution < 1.29 is 23.1 Å². The number of hydrogen-bond donors (Lipinski definition) is 1. The number of nitrogens with one attached hydrogen (secondary N) is 1. The van der Waals surface area contributed by atoms with Crippen LogP contribution < -0.4 is 10.2 Å². The Morgan fingerprint density at radius 2 is 1.86 bits per heavy atom. The second-order valence-corrected chi connectivity index (χ2v) is 7.29. The minimum Gasteiger partial charge on any atom is -0.444 e. The Morgan fingerprint density at radius 3 is 2.39 bits per heavy atom. The molecule has 8 heteroatoms. The zero-order valence-corrected chi connectivity index (χ0v) is 16.2. The first-order valence-corrected chi connectivity index (χ1v) is 8.67. The van der Waals surface area contributed by atoms with Crippen molar-refractivity contribution in [1.29, 1.82) is 0 Å². The van der Waals surface area contributed by atoms with E-state index in [1.165, 1.54) is 18.1 Å². The van der Waals surface area contributed by atoms with E-state index in [-0.39, 0.29) is 12.0 Å². The maximum Gasteiger partial charge on any atom is 0.408 e. The molecule has 0 aliphatic carbocycles. The molecule has 1 atom stereocenters. The van der Waals surface area contributed by atoms with Gasteiger partial charge in [0.1, 0.15) is 23.3 Å². The van der Waals surface area contributed by atoms with Crippen LogP contribution in [0.4, 0.5) is 19.3 Å². The van der Waals surface area contributed by atoms with Gasteiger partial charge in [0.2, 0.25) is 5.91 Å². The zero-order chi connectivity index (χ0) is 20.9. The third-order valence-corrected chi connectivity index (χ3v) is 3.72. The number of ether oxygens (including phenoxy) is 1. The number of amides is 2. The first kappa shape index (κ1) is 21.3. The summed E-state index contributed by atoms with van der Waals surface area (Å²) in [5.41, 5.74) is -0.0295. The molecule has 0 unspecified atom stereocenters. The highest BCUT2D eigenvalue weighted by Gasteiger charge is 2.28. The van der Waals surface area contributed by atoms with Gasteiger partial charge < -0.3 is 15.0 Å². The molecule has 2 aromatic rings. The molecule has 150 valence electrons. The lowest BCUT2D eigenvalue weighted by molar-refractivity contribution is -0.120. The van der Waals surface area contributed by atoms with Gasteiger partial charge in [0, 0.05) is 25.7 Å². The molecule has 0 aliphatic rings. The van der Waals surface area contributed by atoms with Gasteiger partial charge in [-0.05, 0) is 50.6 Å². The van der Waals surface area contributed by atoms with Gasteiger partial charge in [0.25, 0.3) is 0 Å². The van der Waals surface area contributed by atoms with Gasteiger partial charge >= 0.3 is 6.09 Å². The van der Waals surface area contributed by atoms with Crippen LogP contribution in [0.2, 0.25) is 0 Å². The molecule has 1 heterocycles. The number of halogens is 2. The van der Waals surface area contributed by atoms with Crippen molar-refractivity contribution in [1.82, 2.24) is 10.3 Å². The molecule has 28 heavy (non-hydrogen) atoms. The van der Waals surface area contributed by atoms with E-state index in [0.717, 1.165) is 18.2 Å². The van der Waals surface area contributed by atoms with E-state index in [1.54, 1.807) is 39.1 Å². The predicted molar refractivity (Wildman–Crippen MR) is 101 cm³/mol. The normalized spacial score (nSPS) is 12.2. The Morgan fingerprint density at radius 1 is 1.21 bits per heavy atom. The molecule has 0 saturated heterocycles. The first-order chi connectivity index (χ1) is 13.0. The molecule has 0 fully saturated rings. The van der Waals surface area contributed by atoms with Crippen molar-refractivity contribution in [2.24, 2.45) is 0 Å². The summed E-state index contributed by atoms with van der Waals surface area (Å²) >= 11 is 0. The van der Waals surface area contributed by atoms with Crippen LogP contribution in [0.25, 0.3) is 0 Å². The van der Waals surface area contributed by atoms with Gasteiger partial charge in [-0.25, -0.2) is 13.6 Å². The summed E-state index contributed by atoms with van der Waals surface area (Å²) in [5.74, 6) is -2.01. The zero-order valence-electron chi connectivity index (χ0n) is 16.2. The number of benzene rings is 1. The van der Waals surface area contributed by atoms with Gasteiger partial charge in [0.05, 0.1) is 11.9 Å². The summed E-state index contributed by atoms with van der Waals surface area (Å²) in [4.78, 5) is 30.4. The van der Waals surface area contributed by atoms with E-state index in [9.17, 15) is 18.4 Å². The van der Waals surface area contributed by atoms with E-state index in [2.05, 4.69) is 10.3 Å². The number of pyridine rings is 1. The lowest BCUT2D eigenvalue weighted by atomic mass is 10.0. The fraction of sp³-hybridized carbons (Fsp3) is 0.350. The second kappa shape index (κ2) is 8.77. The van der Waals surface area contributed by atoms with Gasteiger partial charge in [-0.15, -0.1) is 0 Å². The highest BCUT2D eigenvalue weighted by Crippen LogP contribution is 2.16. The lowest BCUT2D eigenvalue weighted by Gasteiger charge is -2.26. The number of likely N-dealkylation sites (N-methyl/N-ethyl adjacent to an activating group) is 1. The molecule has 2 rings (SSSR count). The highest BCUT2D eigenvalue weighted by molar-refractivity contribution is 5.98. The average Bonchev–Trinajstić information content (AvgIpc) is 2.58. The molecule has 1 aromatic heterocycles. The Kier molecular flexibility index (Phi) is 6.66. The van der Waals surface area contributed by atoms with Gasteiger partial charge in [-0.3, -0.25) is 9.78 Å².